The zero-order valence-corrected chi connectivity index (χ0v) is 10.3. The van der Waals surface area contributed by atoms with Gasteiger partial charge in [-0.3, -0.25) is 25.0 Å². The summed E-state index contributed by atoms with van der Waals surface area (Å²) in [6, 6.07) is 0. The van der Waals surface area contributed by atoms with E-state index in [0.717, 1.165) is 0 Å². The molecule has 0 aromatic heterocycles. The van der Waals surface area contributed by atoms with Crippen LogP contribution in [0.4, 0.5) is 0 Å². The van der Waals surface area contributed by atoms with E-state index in [1.165, 1.54) is 13.8 Å². The van der Waals surface area contributed by atoms with E-state index < -0.39 is 11.5 Å². The van der Waals surface area contributed by atoms with Crippen LogP contribution >= 0.6 is 0 Å². The molecule has 1 heterocycles. The lowest BCUT2D eigenvalue weighted by molar-refractivity contribution is -0.134. The molecule has 0 aromatic rings. The number of carbonyl (C=O) groups excluding carboxylic acids is 3. The minimum atomic E-state index is -1.06. The molecule has 6 nitrogen and oxygen atoms in total. The van der Waals surface area contributed by atoms with Gasteiger partial charge in [-0.05, 0) is 19.8 Å². The van der Waals surface area contributed by atoms with Crippen molar-refractivity contribution in [1.82, 2.24) is 10.6 Å². The van der Waals surface area contributed by atoms with E-state index in [-0.39, 0.29) is 23.6 Å². The molecule has 0 radical (unpaired) electrons. The van der Waals surface area contributed by atoms with Gasteiger partial charge in [0.2, 0.25) is 17.8 Å². The smallest absolute Gasteiger partial charge is 0.233 e. The third kappa shape index (κ3) is 1.94. The predicted molar refractivity (Wildman–Crippen MR) is 64.7 cm³/mol. The number of amides is 2. The first-order chi connectivity index (χ1) is 8.45. The van der Waals surface area contributed by atoms with E-state index in [1.54, 1.807) is 0 Å². The van der Waals surface area contributed by atoms with E-state index in [1.807, 2.05) is 12.2 Å². The van der Waals surface area contributed by atoms with Crippen molar-refractivity contribution in [3.8, 4) is 0 Å². The topological polar surface area (TPSA) is 87.6 Å². The van der Waals surface area contributed by atoms with Gasteiger partial charge in [0.25, 0.3) is 0 Å². The number of fused-ring (bicyclic) bond motifs is 1. The van der Waals surface area contributed by atoms with Crippen molar-refractivity contribution in [2.45, 2.75) is 32.2 Å². The highest BCUT2D eigenvalue weighted by Gasteiger charge is 2.50. The standard InChI is InChI=1S/C12H15N3O3/c1-7(16)12-6-4-3-5-9(12)10(18)14-11(15-12)13-8(2)17/h3-4,9H,5-6H2,1-2H3,(H2,13,14,15,17,18)/t9-,12+/m1/s1. The van der Waals surface area contributed by atoms with Crippen molar-refractivity contribution in [1.29, 1.82) is 0 Å². The number of hydrogen-bond acceptors (Lipinski definition) is 4. The number of aliphatic imine (C=N–C) groups is 1. The maximum absolute atomic E-state index is 12.0. The van der Waals surface area contributed by atoms with Crippen LogP contribution in [0.15, 0.2) is 17.1 Å². The second-order valence-electron chi connectivity index (χ2n) is 4.58. The second-order valence-corrected chi connectivity index (χ2v) is 4.58. The van der Waals surface area contributed by atoms with Gasteiger partial charge in [-0.2, -0.15) is 0 Å². The number of hydrogen-bond donors (Lipinski definition) is 2. The Hall–Kier alpha value is -1.98. The Morgan fingerprint density at radius 1 is 1.44 bits per heavy atom. The highest BCUT2D eigenvalue weighted by molar-refractivity contribution is 6.10. The van der Waals surface area contributed by atoms with E-state index in [4.69, 9.17) is 0 Å². The van der Waals surface area contributed by atoms with Crippen LogP contribution in [-0.2, 0) is 14.4 Å². The van der Waals surface area contributed by atoms with Crippen molar-refractivity contribution in [3.63, 3.8) is 0 Å². The largest absolute Gasteiger partial charge is 0.297 e. The predicted octanol–water partition coefficient (Wildman–Crippen LogP) is -0.0977. The Morgan fingerprint density at radius 3 is 2.78 bits per heavy atom. The van der Waals surface area contributed by atoms with Crippen LogP contribution in [-0.4, -0.2) is 29.1 Å². The molecular weight excluding hydrogens is 234 g/mol. The summed E-state index contributed by atoms with van der Waals surface area (Å²) in [5.74, 6) is -1.19. The van der Waals surface area contributed by atoms with E-state index in [9.17, 15) is 14.4 Å². The summed E-state index contributed by atoms with van der Waals surface area (Å²) in [5.41, 5.74) is -1.06. The number of nitrogens with one attached hydrogen (secondary N) is 2. The monoisotopic (exact) mass is 249 g/mol. The fourth-order valence-corrected chi connectivity index (χ4v) is 2.41. The van der Waals surface area contributed by atoms with Crippen LogP contribution in [0.1, 0.15) is 26.7 Å². The van der Waals surface area contributed by atoms with Gasteiger partial charge in [0.05, 0.1) is 5.92 Å². The van der Waals surface area contributed by atoms with E-state index >= 15 is 0 Å². The molecule has 1 aliphatic carbocycles. The molecule has 0 saturated carbocycles. The Bertz CT molecular complexity index is 481. The van der Waals surface area contributed by atoms with Crippen molar-refractivity contribution >= 4 is 23.6 Å². The molecule has 2 atom stereocenters. The zero-order valence-electron chi connectivity index (χ0n) is 10.3. The van der Waals surface area contributed by atoms with Crippen LogP contribution in [0.25, 0.3) is 0 Å². The Kier molecular flexibility index (Phi) is 3.02. The fourth-order valence-electron chi connectivity index (χ4n) is 2.41. The number of allylic oxidation sites excluding steroid dienone is 1. The van der Waals surface area contributed by atoms with Gasteiger partial charge in [0, 0.05) is 6.92 Å². The minimum absolute atomic E-state index is 0.0641. The number of ketones is 1. The third-order valence-electron chi connectivity index (χ3n) is 3.32. The minimum Gasteiger partial charge on any atom is -0.297 e. The Morgan fingerprint density at radius 2 is 2.17 bits per heavy atom. The molecule has 2 amide bonds. The zero-order chi connectivity index (χ0) is 13.3. The van der Waals surface area contributed by atoms with Gasteiger partial charge in [0.15, 0.2) is 5.78 Å². The quantitative estimate of drug-likeness (QED) is 0.636. The van der Waals surface area contributed by atoms with Crippen LogP contribution in [0.3, 0.4) is 0 Å². The number of Topliss-reactive ketones (excluding diaryl/α,β-unsaturated/α-hetero) is 1. The number of guanidine groups is 1. The molecule has 2 rings (SSSR count). The van der Waals surface area contributed by atoms with Gasteiger partial charge >= 0.3 is 0 Å². The summed E-state index contributed by atoms with van der Waals surface area (Å²) in [6.07, 6.45) is 4.61. The van der Waals surface area contributed by atoms with Gasteiger partial charge in [-0.1, -0.05) is 12.2 Å². The molecular formula is C12H15N3O3. The van der Waals surface area contributed by atoms with Crippen molar-refractivity contribution in [2.24, 2.45) is 10.9 Å². The van der Waals surface area contributed by atoms with Crippen molar-refractivity contribution in [2.75, 3.05) is 0 Å². The Labute approximate surface area is 105 Å². The van der Waals surface area contributed by atoms with Crippen molar-refractivity contribution < 1.29 is 14.4 Å². The molecule has 2 N–H and O–H groups in total. The maximum Gasteiger partial charge on any atom is 0.233 e. The van der Waals surface area contributed by atoms with Crippen molar-refractivity contribution in [3.05, 3.63) is 12.2 Å². The van der Waals surface area contributed by atoms with Gasteiger partial charge in [0.1, 0.15) is 5.54 Å². The average molecular weight is 249 g/mol. The molecule has 0 unspecified atom stereocenters. The molecule has 1 aliphatic heterocycles. The molecule has 0 bridgehead atoms. The normalized spacial score (nSPS) is 30.0. The molecule has 6 heteroatoms. The highest BCUT2D eigenvalue weighted by atomic mass is 16.2. The van der Waals surface area contributed by atoms with E-state index in [0.29, 0.717) is 12.8 Å². The molecule has 0 saturated heterocycles. The summed E-state index contributed by atoms with van der Waals surface area (Å²) >= 11 is 0. The van der Waals surface area contributed by atoms with Crippen LogP contribution in [0, 0.1) is 5.92 Å². The summed E-state index contributed by atoms with van der Waals surface area (Å²) in [6.45, 7) is 2.75. The lowest BCUT2D eigenvalue weighted by Crippen LogP contribution is -2.60. The molecule has 18 heavy (non-hydrogen) atoms. The summed E-state index contributed by atoms with van der Waals surface area (Å²) in [7, 11) is 0. The first-order valence-corrected chi connectivity index (χ1v) is 5.80. The first-order valence-electron chi connectivity index (χ1n) is 5.80. The average Bonchev–Trinajstić information content (AvgIpc) is 2.27. The first kappa shape index (κ1) is 12.5. The van der Waals surface area contributed by atoms with Crippen LogP contribution in [0.5, 0.6) is 0 Å². The summed E-state index contributed by atoms with van der Waals surface area (Å²) < 4.78 is 0. The molecule has 0 fully saturated rings. The molecule has 2 aliphatic rings. The van der Waals surface area contributed by atoms with E-state index in [2.05, 4.69) is 15.6 Å². The maximum atomic E-state index is 12.0. The SMILES string of the molecule is CC(=O)NC1=N[C@]2(C(C)=O)CC=CC[C@@H]2C(=O)N1. The van der Waals surface area contributed by atoms with Crippen LogP contribution < -0.4 is 10.6 Å². The second kappa shape index (κ2) is 4.36. The number of rotatable bonds is 1. The van der Waals surface area contributed by atoms with Gasteiger partial charge in [-0.15, -0.1) is 0 Å². The Balaban J connectivity index is 2.44. The van der Waals surface area contributed by atoms with Crippen LogP contribution in [0.2, 0.25) is 0 Å². The highest BCUT2D eigenvalue weighted by Crippen LogP contribution is 2.36. The number of carbonyl (C=O) groups is 3. The lowest BCUT2D eigenvalue weighted by Gasteiger charge is -2.39. The third-order valence-corrected chi connectivity index (χ3v) is 3.32. The molecule has 0 spiro atoms. The molecule has 96 valence electrons. The fraction of sp³-hybridized carbons (Fsp3) is 0.500. The van der Waals surface area contributed by atoms with Gasteiger partial charge < -0.3 is 0 Å². The molecule has 0 aromatic carbocycles. The lowest BCUT2D eigenvalue weighted by atomic mass is 9.72. The summed E-state index contributed by atoms with van der Waals surface area (Å²) in [4.78, 5) is 39.2. The van der Waals surface area contributed by atoms with Gasteiger partial charge in [-0.25, -0.2) is 4.99 Å². The number of nitrogens with zero attached hydrogens (tertiary/aromatic N) is 1. The summed E-state index contributed by atoms with van der Waals surface area (Å²) in [5, 5.41) is 4.95.